The summed E-state index contributed by atoms with van der Waals surface area (Å²) in [5.41, 5.74) is 0.482. The molecule has 0 aliphatic carbocycles. The Morgan fingerprint density at radius 2 is 2.47 bits per heavy atom. The van der Waals surface area contributed by atoms with Crippen LogP contribution < -0.4 is 10.6 Å². The van der Waals surface area contributed by atoms with Crippen molar-refractivity contribution in [3.8, 4) is 0 Å². The minimum atomic E-state index is -0.126. The number of thioether (sulfide) groups is 1. The molecule has 4 nitrogen and oxygen atoms in total. The molecule has 1 unspecified atom stereocenters. The van der Waals surface area contributed by atoms with Crippen LogP contribution in [0.5, 0.6) is 0 Å². The summed E-state index contributed by atoms with van der Waals surface area (Å²) in [7, 11) is 0. The van der Waals surface area contributed by atoms with E-state index in [4.69, 9.17) is 11.6 Å². The van der Waals surface area contributed by atoms with Crippen molar-refractivity contribution >= 4 is 35.1 Å². The number of aromatic nitrogens is 1. The highest BCUT2D eigenvalue weighted by molar-refractivity contribution is 8.00. The third-order valence-corrected chi connectivity index (χ3v) is 4.67. The van der Waals surface area contributed by atoms with E-state index in [-0.39, 0.29) is 5.91 Å². The largest absolute Gasteiger partial charge is 0.370 e. The second-order valence-corrected chi connectivity index (χ2v) is 6.24. The van der Waals surface area contributed by atoms with Gasteiger partial charge in [0.25, 0.3) is 5.91 Å². The van der Waals surface area contributed by atoms with Crippen LogP contribution in [0.15, 0.2) is 12.3 Å². The van der Waals surface area contributed by atoms with Crippen molar-refractivity contribution in [2.24, 2.45) is 0 Å². The summed E-state index contributed by atoms with van der Waals surface area (Å²) in [6, 6.07) is 1.70. The fraction of sp³-hybridized carbons (Fsp3) is 0.538. The molecule has 1 amide bonds. The van der Waals surface area contributed by atoms with Crippen LogP contribution in [0, 0.1) is 0 Å². The molecular weight excluding hydrogens is 282 g/mol. The van der Waals surface area contributed by atoms with Crippen LogP contribution in [0.3, 0.4) is 0 Å². The van der Waals surface area contributed by atoms with E-state index < -0.39 is 0 Å². The standard InChI is InChI=1S/C13H18ClN3OS/c1-2-15-12-6-10(11(14)8-16-12)13(18)17-7-9-4-3-5-19-9/h6,8-9H,2-5,7H2,1H3,(H,15,16)(H,17,18). The Morgan fingerprint density at radius 3 is 3.16 bits per heavy atom. The predicted molar refractivity (Wildman–Crippen MR) is 81.2 cm³/mol. The highest BCUT2D eigenvalue weighted by Gasteiger charge is 2.18. The monoisotopic (exact) mass is 299 g/mol. The molecule has 0 aromatic carbocycles. The molecule has 1 saturated heterocycles. The molecule has 2 rings (SSSR count). The van der Waals surface area contributed by atoms with Gasteiger partial charge in [-0.15, -0.1) is 0 Å². The first-order valence-corrected chi connectivity index (χ1v) is 7.92. The number of amides is 1. The number of hydrogen-bond donors (Lipinski definition) is 2. The summed E-state index contributed by atoms with van der Waals surface area (Å²) >= 11 is 7.95. The van der Waals surface area contributed by atoms with Crippen LogP contribution in [-0.2, 0) is 0 Å². The lowest BCUT2D eigenvalue weighted by molar-refractivity contribution is 0.0954. The summed E-state index contributed by atoms with van der Waals surface area (Å²) in [5, 5.41) is 6.95. The predicted octanol–water partition coefficient (Wildman–Crippen LogP) is 2.79. The number of nitrogens with zero attached hydrogens (tertiary/aromatic N) is 1. The number of halogens is 1. The topological polar surface area (TPSA) is 54.0 Å². The Balaban J connectivity index is 1.98. The zero-order valence-electron chi connectivity index (χ0n) is 10.9. The van der Waals surface area contributed by atoms with Gasteiger partial charge in [0, 0.05) is 24.5 Å². The molecule has 2 N–H and O–H groups in total. The third-order valence-electron chi connectivity index (χ3n) is 2.97. The molecule has 1 aromatic rings. The molecule has 0 spiro atoms. The maximum Gasteiger partial charge on any atom is 0.253 e. The SMILES string of the molecule is CCNc1cc(C(=O)NCC2CCCS2)c(Cl)cn1. The number of hydrogen-bond acceptors (Lipinski definition) is 4. The second-order valence-electron chi connectivity index (χ2n) is 4.42. The third kappa shape index (κ3) is 4.01. The van der Waals surface area contributed by atoms with Gasteiger partial charge in [-0.05, 0) is 31.6 Å². The average Bonchev–Trinajstić information content (AvgIpc) is 2.92. The van der Waals surface area contributed by atoms with Gasteiger partial charge in [-0.25, -0.2) is 4.98 Å². The second kappa shape index (κ2) is 7.01. The van der Waals surface area contributed by atoms with E-state index in [2.05, 4.69) is 15.6 Å². The lowest BCUT2D eigenvalue weighted by Gasteiger charge is -2.11. The molecular formula is C13H18ClN3OS. The minimum Gasteiger partial charge on any atom is -0.370 e. The number of pyridine rings is 1. The number of anilines is 1. The molecule has 19 heavy (non-hydrogen) atoms. The van der Waals surface area contributed by atoms with Crippen LogP contribution in [-0.4, -0.2) is 35.0 Å². The van der Waals surface area contributed by atoms with E-state index in [1.807, 2.05) is 18.7 Å². The number of nitrogens with one attached hydrogen (secondary N) is 2. The molecule has 2 heterocycles. The van der Waals surface area contributed by atoms with Crippen molar-refractivity contribution in [2.45, 2.75) is 25.0 Å². The van der Waals surface area contributed by atoms with Gasteiger partial charge >= 0.3 is 0 Å². The van der Waals surface area contributed by atoms with E-state index in [1.165, 1.54) is 24.8 Å². The molecule has 1 aromatic heterocycles. The van der Waals surface area contributed by atoms with Gasteiger partial charge in [0.05, 0.1) is 10.6 Å². The summed E-state index contributed by atoms with van der Waals surface area (Å²) in [6.07, 6.45) is 3.93. The van der Waals surface area contributed by atoms with Crippen molar-refractivity contribution in [3.05, 3.63) is 22.8 Å². The number of carbonyl (C=O) groups is 1. The average molecular weight is 300 g/mol. The summed E-state index contributed by atoms with van der Waals surface area (Å²) < 4.78 is 0. The van der Waals surface area contributed by atoms with Crippen LogP contribution in [0.1, 0.15) is 30.1 Å². The Kier molecular flexibility index (Phi) is 5.34. The van der Waals surface area contributed by atoms with Crippen molar-refractivity contribution in [1.82, 2.24) is 10.3 Å². The zero-order valence-corrected chi connectivity index (χ0v) is 12.5. The summed E-state index contributed by atoms with van der Waals surface area (Å²) in [4.78, 5) is 16.2. The van der Waals surface area contributed by atoms with E-state index >= 15 is 0 Å². The van der Waals surface area contributed by atoms with Crippen LogP contribution in [0.4, 0.5) is 5.82 Å². The van der Waals surface area contributed by atoms with Gasteiger partial charge in [-0.1, -0.05) is 11.6 Å². The van der Waals surface area contributed by atoms with Crippen molar-refractivity contribution in [1.29, 1.82) is 0 Å². The summed E-state index contributed by atoms with van der Waals surface area (Å²) in [6.45, 7) is 3.44. The highest BCUT2D eigenvalue weighted by atomic mass is 35.5. The molecule has 104 valence electrons. The fourth-order valence-electron chi connectivity index (χ4n) is 2.00. The van der Waals surface area contributed by atoms with Gasteiger partial charge in [-0.2, -0.15) is 11.8 Å². The van der Waals surface area contributed by atoms with E-state index in [0.717, 1.165) is 6.54 Å². The number of rotatable bonds is 5. The Labute approximate surface area is 122 Å². The zero-order chi connectivity index (χ0) is 13.7. The first-order chi connectivity index (χ1) is 9.20. The van der Waals surface area contributed by atoms with Gasteiger partial charge in [0.1, 0.15) is 5.82 Å². The molecule has 1 fully saturated rings. The molecule has 0 saturated carbocycles. The maximum absolute atomic E-state index is 12.1. The Hall–Kier alpha value is -0.940. The fourth-order valence-corrected chi connectivity index (χ4v) is 3.39. The molecule has 1 aliphatic rings. The first-order valence-electron chi connectivity index (χ1n) is 6.50. The van der Waals surface area contributed by atoms with E-state index in [0.29, 0.717) is 28.2 Å². The van der Waals surface area contributed by atoms with Crippen LogP contribution >= 0.6 is 23.4 Å². The quantitative estimate of drug-likeness (QED) is 0.878. The molecule has 1 aliphatic heterocycles. The van der Waals surface area contributed by atoms with Gasteiger partial charge < -0.3 is 10.6 Å². The normalized spacial score (nSPS) is 18.3. The first kappa shape index (κ1) is 14.5. The molecule has 1 atom stereocenters. The smallest absolute Gasteiger partial charge is 0.253 e. The van der Waals surface area contributed by atoms with Crippen molar-refractivity contribution in [3.63, 3.8) is 0 Å². The van der Waals surface area contributed by atoms with E-state index in [9.17, 15) is 4.79 Å². The van der Waals surface area contributed by atoms with E-state index in [1.54, 1.807) is 6.07 Å². The Morgan fingerprint density at radius 1 is 1.63 bits per heavy atom. The highest BCUT2D eigenvalue weighted by Crippen LogP contribution is 2.25. The Bertz CT molecular complexity index is 450. The molecule has 0 bridgehead atoms. The molecule has 6 heteroatoms. The minimum absolute atomic E-state index is 0.126. The van der Waals surface area contributed by atoms with Gasteiger partial charge in [0.2, 0.25) is 0 Å². The van der Waals surface area contributed by atoms with Gasteiger partial charge in [-0.3, -0.25) is 4.79 Å². The van der Waals surface area contributed by atoms with Crippen LogP contribution in [0.2, 0.25) is 5.02 Å². The van der Waals surface area contributed by atoms with Crippen LogP contribution in [0.25, 0.3) is 0 Å². The van der Waals surface area contributed by atoms with Crippen molar-refractivity contribution in [2.75, 3.05) is 24.2 Å². The van der Waals surface area contributed by atoms with Gasteiger partial charge in [0.15, 0.2) is 0 Å². The number of carbonyl (C=O) groups excluding carboxylic acids is 1. The summed E-state index contributed by atoms with van der Waals surface area (Å²) in [5.74, 6) is 1.74. The van der Waals surface area contributed by atoms with Crippen molar-refractivity contribution < 1.29 is 4.79 Å². The maximum atomic E-state index is 12.1. The molecule has 0 radical (unpaired) electrons. The lowest BCUT2D eigenvalue weighted by Crippen LogP contribution is -2.30. The lowest BCUT2D eigenvalue weighted by atomic mass is 10.2.